The number of phenols is 1. The topological polar surface area (TPSA) is 110 Å². The molecule has 3 aromatic rings. The van der Waals surface area contributed by atoms with E-state index in [1.54, 1.807) is 37.3 Å². The van der Waals surface area contributed by atoms with Crippen molar-refractivity contribution < 1.29 is 23.8 Å². The molecule has 8 heteroatoms. The van der Waals surface area contributed by atoms with Crippen molar-refractivity contribution in [1.29, 1.82) is 0 Å². The average molecular weight is 366 g/mol. The van der Waals surface area contributed by atoms with E-state index in [1.807, 2.05) is 0 Å². The maximum absolute atomic E-state index is 12.3. The van der Waals surface area contributed by atoms with Gasteiger partial charge in [-0.2, -0.15) is 5.10 Å². The largest absolute Gasteiger partial charge is 0.508 e. The molecule has 0 radical (unpaired) electrons. The minimum atomic E-state index is -0.619. The average Bonchev–Trinajstić information content (AvgIpc) is 3.13. The highest BCUT2D eigenvalue weighted by molar-refractivity contribution is 6.02. The third-order valence-corrected chi connectivity index (χ3v) is 4.07. The van der Waals surface area contributed by atoms with E-state index in [0.717, 1.165) is 0 Å². The van der Waals surface area contributed by atoms with E-state index in [0.29, 0.717) is 22.4 Å². The maximum atomic E-state index is 12.3. The summed E-state index contributed by atoms with van der Waals surface area (Å²) in [6, 6.07) is 10.8. The van der Waals surface area contributed by atoms with E-state index in [1.165, 1.54) is 12.1 Å². The fourth-order valence-corrected chi connectivity index (χ4v) is 2.65. The van der Waals surface area contributed by atoms with Crippen molar-refractivity contribution in [2.75, 3.05) is 6.79 Å². The Labute approximate surface area is 152 Å². The number of hydrazone groups is 1. The van der Waals surface area contributed by atoms with Crippen molar-refractivity contribution in [1.82, 2.24) is 5.43 Å². The molecule has 0 spiro atoms. The van der Waals surface area contributed by atoms with E-state index in [9.17, 15) is 14.7 Å². The van der Waals surface area contributed by atoms with Gasteiger partial charge < -0.3 is 19.0 Å². The highest BCUT2D eigenvalue weighted by Gasteiger charge is 2.16. The lowest BCUT2D eigenvalue weighted by atomic mass is 10.1. The summed E-state index contributed by atoms with van der Waals surface area (Å²) in [5, 5.41) is 14.1. The number of nitrogens with zero attached hydrogens (tertiary/aromatic N) is 1. The summed E-state index contributed by atoms with van der Waals surface area (Å²) in [6.45, 7) is 1.70. The van der Waals surface area contributed by atoms with Crippen LogP contribution in [-0.4, -0.2) is 23.5 Å². The first-order chi connectivity index (χ1) is 13.0. The van der Waals surface area contributed by atoms with Crippen LogP contribution in [0.2, 0.25) is 0 Å². The third kappa shape index (κ3) is 3.20. The van der Waals surface area contributed by atoms with E-state index >= 15 is 0 Å². The molecule has 0 unspecified atom stereocenters. The second-order valence-corrected chi connectivity index (χ2v) is 5.88. The molecule has 2 N–H and O–H groups in total. The van der Waals surface area contributed by atoms with Gasteiger partial charge >= 0.3 is 5.63 Å². The number of carbonyl (C=O) groups excluding carboxylic acids is 1. The monoisotopic (exact) mass is 366 g/mol. The summed E-state index contributed by atoms with van der Waals surface area (Å²) >= 11 is 0. The van der Waals surface area contributed by atoms with Gasteiger partial charge in [-0.05, 0) is 43.3 Å². The van der Waals surface area contributed by atoms with E-state index < -0.39 is 11.5 Å². The minimum Gasteiger partial charge on any atom is -0.508 e. The molecule has 0 bridgehead atoms. The molecule has 0 saturated heterocycles. The normalized spacial score (nSPS) is 13.0. The van der Waals surface area contributed by atoms with Gasteiger partial charge in [0.1, 0.15) is 11.3 Å². The molecule has 4 rings (SSSR count). The molecule has 0 aliphatic carbocycles. The predicted molar refractivity (Wildman–Crippen MR) is 96.4 cm³/mol. The van der Waals surface area contributed by atoms with Gasteiger partial charge in [-0.25, -0.2) is 10.2 Å². The summed E-state index contributed by atoms with van der Waals surface area (Å²) in [5.74, 6) is 0.607. The molecule has 27 heavy (non-hydrogen) atoms. The molecule has 1 aliphatic heterocycles. The first-order valence-electron chi connectivity index (χ1n) is 8.03. The molecular formula is C19H14N2O6. The lowest BCUT2D eigenvalue weighted by Gasteiger charge is -2.04. The molecule has 8 nitrogen and oxygen atoms in total. The number of carbonyl (C=O) groups is 1. The Morgan fingerprint density at radius 2 is 1.93 bits per heavy atom. The molecule has 2 heterocycles. The molecular weight excluding hydrogens is 352 g/mol. The summed E-state index contributed by atoms with van der Waals surface area (Å²) < 4.78 is 15.6. The Morgan fingerprint density at radius 3 is 2.78 bits per heavy atom. The zero-order valence-electron chi connectivity index (χ0n) is 14.2. The molecule has 0 saturated carbocycles. The number of phenolic OH excluding ortho intramolecular Hbond substituents is 1. The van der Waals surface area contributed by atoms with E-state index in [2.05, 4.69) is 10.5 Å². The number of nitrogens with one attached hydrogen (secondary N) is 1. The predicted octanol–water partition coefficient (Wildman–Crippen LogP) is 2.38. The number of benzene rings is 2. The fraction of sp³-hybridized carbons (Fsp3) is 0.105. The van der Waals surface area contributed by atoms with Gasteiger partial charge in [0.15, 0.2) is 11.5 Å². The molecule has 1 aliphatic rings. The van der Waals surface area contributed by atoms with Crippen molar-refractivity contribution in [2.45, 2.75) is 6.92 Å². The van der Waals surface area contributed by atoms with Gasteiger partial charge in [-0.1, -0.05) is 0 Å². The van der Waals surface area contributed by atoms with Crippen LogP contribution in [0.15, 0.2) is 56.8 Å². The number of hydrogen-bond donors (Lipinski definition) is 2. The number of aromatic hydroxyl groups is 1. The van der Waals surface area contributed by atoms with Crippen LogP contribution >= 0.6 is 0 Å². The Hall–Kier alpha value is -3.81. The van der Waals surface area contributed by atoms with Crippen LogP contribution < -0.4 is 20.5 Å². The van der Waals surface area contributed by atoms with Crippen molar-refractivity contribution >= 4 is 22.6 Å². The van der Waals surface area contributed by atoms with Gasteiger partial charge in [0.2, 0.25) is 6.79 Å². The zero-order chi connectivity index (χ0) is 19.0. The van der Waals surface area contributed by atoms with Crippen LogP contribution in [0, 0.1) is 0 Å². The highest BCUT2D eigenvalue weighted by atomic mass is 16.7. The molecule has 2 aromatic carbocycles. The maximum Gasteiger partial charge on any atom is 0.345 e. The minimum absolute atomic E-state index is 0.000205. The highest BCUT2D eigenvalue weighted by Crippen LogP contribution is 2.32. The summed E-state index contributed by atoms with van der Waals surface area (Å²) in [4.78, 5) is 24.4. The van der Waals surface area contributed by atoms with Crippen LogP contribution in [-0.2, 0) is 0 Å². The molecule has 1 aromatic heterocycles. The van der Waals surface area contributed by atoms with Crippen LogP contribution in [0.4, 0.5) is 0 Å². The second kappa shape index (κ2) is 6.49. The van der Waals surface area contributed by atoms with Gasteiger partial charge in [0.05, 0.1) is 11.3 Å². The van der Waals surface area contributed by atoms with Crippen molar-refractivity contribution in [3.63, 3.8) is 0 Å². The molecule has 1 amide bonds. The zero-order valence-corrected chi connectivity index (χ0v) is 14.2. The van der Waals surface area contributed by atoms with Crippen molar-refractivity contribution in [3.05, 3.63) is 64.0 Å². The SMILES string of the molecule is C/C(=N\NC(=O)c1ccc2c(c1)OCO2)c1cc2ccc(O)cc2oc1=O. The van der Waals surface area contributed by atoms with Gasteiger partial charge in [0, 0.05) is 17.0 Å². The fourth-order valence-electron chi connectivity index (χ4n) is 2.65. The summed E-state index contributed by atoms with van der Waals surface area (Å²) in [5.41, 5.74) is 2.89. The van der Waals surface area contributed by atoms with Gasteiger partial charge in [-0.3, -0.25) is 4.79 Å². The van der Waals surface area contributed by atoms with Gasteiger partial charge in [0.25, 0.3) is 5.91 Å². The summed E-state index contributed by atoms with van der Waals surface area (Å²) in [7, 11) is 0. The Balaban J connectivity index is 1.58. The lowest BCUT2D eigenvalue weighted by molar-refractivity contribution is 0.0954. The smallest absolute Gasteiger partial charge is 0.345 e. The molecule has 0 fully saturated rings. The van der Waals surface area contributed by atoms with E-state index in [-0.39, 0.29) is 29.4 Å². The Bertz CT molecular complexity index is 1150. The first-order valence-corrected chi connectivity index (χ1v) is 8.03. The molecule has 0 atom stereocenters. The number of hydrogen-bond acceptors (Lipinski definition) is 7. The van der Waals surface area contributed by atoms with Crippen LogP contribution in [0.25, 0.3) is 11.0 Å². The first kappa shape index (κ1) is 16.6. The summed E-state index contributed by atoms with van der Waals surface area (Å²) in [6.07, 6.45) is 0. The van der Waals surface area contributed by atoms with Crippen LogP contribution in [0.3, 0.4) is 0 Å². The van der Waals surface area contributed by atoms with E-state index in [4.69, 9.17) is 13.9 Å². The number of fused-ring (bicyclic) bond motifs is 2. The molecule has 136 valence electrons. The van der Waals surface area contributed by atoms with Gasteiger partial charge in [-0.15, -0.1) is 0 Å². The standard InChI is InChI=1S/C19H14N2O6/c1-10(14-6-11-2-4-13(22)8-16(11)27-19(14)24)20-21-18(23)12-3-5-15-17(7-12)26-9-25-15/h2-8,22H,9H2,1H3,(H,21,23)/b20-10+. The Kier molecular flexibility index (Phi) is 4.00. The lowest BCUT2D eigenvalue weighted by Crippen LogP contribution is -2.21. The van der Waals surface area contributed by atoms with Crippen LogP contribution in [0.5, 0.6) is 17.2 Å². The third-order valence-electron chi connectivity index (χ3n) is 4.07. The quantitative estimate of drug-likeness (QED) is 0.418. The van der Waals surface area contributed by atoms with Crippen molar-refractivity contribution in [2.24, 2.45) is 5.10 Å². The number of ether oxygens (including phenoxy) is 2. The van der Waals surface area contributed by atoms with Crippen LogP contribution in [0.1, 0.15) is 22.8 Å². The second-order valence-electron chi connectivity index (χ2n) is 5.88. The Morgan fingerprint density at radius 1 is 1.11 bits per heavy atom. The number of rotatable bonds is 3. The van der Waals surface area contributed by atoms with Crippen molar-refractivity contribution in [3.8, 4) is 17.2 Å². The number of amides is 1.